The van der Waals surface area contributed by atoms with Crippen LogP contribution in [0.4, 0.5) is 32.0 Å². The molecule has 0 unspecified atom stereocenters. The Bertz CT molecular complexity index is 1070. The van der Waals surface area contributed by atoms with Crippen molar-refractivity contribution in [3.8, 4) is 0 Å². The summed E-state index contributed by atoms with van der Waals surface area (Å²) in [4.78, 5) is 5.00. The number of anilines is 1. The Balaban J connectivity index is 2.35. The van der Waals surface area contributed by atoms with Gasteiger partial charge in [0, 0.05) is 16.1 Å². The van der Waals surface area contributed by atoms with Crippen LogP contribution in [0.5, 0.6) is 0 Å². The Morgan fingerprint density at radius 1 is 1.10 bits per heavy atom. The Kier molecular flexibility index (Phi) is 7.48. The van der Waals surface area contributed by atoms with Crippen LogP contribution in [-0.4, -0.2) is 19.6 Å². The number of nitrogens with zero attached hydrogens (tertiary/aromatic N) is 1. The highest BCUT2D eigenvalue weighted by molar-refractivity contribution is 7.93. The summed E-state index contributed by atoms with van der Waals surface area (Å²) in [5.41, 5.74) is -7.33. The molecule has 2 rings (SSSR count). The van der Waals surface area contributed by atoms with E-state index in [9.17, 15) is 34.8 Å². The molecule has 170 valence electrons. The van der Waals surface area contributed by atoms with Gasteiger partial charge in [-0.2, -0.15) is 34.8 Å². The Hall–Kier alpha value is -2.47. The minimum atomic E-state index is -5.73. The number of benzene rings is 2. The fourth-order valence-electron chi connectivity index (χ4n) is 2.45. The normalized spacial score (nSPS) is 13.2. The van der Waals surface area contributed by atoms with Crippen LogP contribution in [0.15, 0.2) is 47.6 Å². The van der Waals surface area contributed by atoms with E-state index >= 15 is 0 Å². The lowest BCUT2D eigenvalue weighted by Crippen LogP contribution is -2.30. The second-order valence-electron chi connectivity index (χ2n) is 6.06. The SMILES string of the molecule is CCC(=NOCc1ccccc1C(F)(F)F)c1cc(Cl)ccc1NS(=O)(=O)C(F)(F)F. The fraction of sp³-hybridized carbons (Fsp3) is 0.278. The van der Waals surface area contributed by atoms with Crippen molar-refractivity contribution in [2.75, 3.05) is 4.72 Å². The van der Waals surface area contributed by atoms with E-state index < -0.39 is 39.6 Å². The van der Waals surface area contributed by atoms with Crippen molar-refractivity contribution in [1.82, 2.24) is 0 Å². The number of hydrogen-bond acceptors (Lipinski definition) is 4. The highest BCUT2D eigenvalue weighted by Crippen LogP contribution is 2.32. The molecule has 0 aliphatic heterocycles. The molecule has 1 N–H and O–H groups in total. The van der Waals surface area contributed by atoms with Crippen LogP contribution in [0, 0.1) is 0 Å². The van der Waals surface area contributed by atoms with Crippen LogP contribution < -0.4 is 4.72 Å². The Morgan fingerprint density at radius 2 is 1.74 bits per heavy atom. The van der Waals surface area contributed by atoms with Crippen molar-refractivity contribution >= 4 is 33.0 Å². The molecule has 2 aromatic carbocycles. The summed E-state index contributed by atoms with van der Waals surface area (Å²) in [6.45, 7) is 0.957. The van der Waals surface area contributed by atoms with E-state index in [1.165, 1.54) is 29.8 Å². The van der Waals surface area contributed by atoms with Crippen molar-refractivity contribution in [3.63, 3.8) is 0 Å². The van der Waals surface area contributed by atoms with Crippen LogP contribution in [0.3, 0.4) is 0 Å². The third kappa shape index (κ3) is 6.26. The molecule has 0 saturated heterocycles. The number of halogens is 7. The maximum Gasteiger partial charge on any atom is 0.516 e. The lowest BCUT2D eigenvalue weighted by atomic mass is 10.1. The number of nitrogens with one attached hydrogen (secondary N) is 1. The lowest BCUT2D eigenvalue weighted by molar-refractivity contribution is -0.138. The van der Waals surface area contributed by atoms with Crippen LogP contribution in [-0.2, 0) is 27.6 Å². The second-order valence-corrected chi connectivity index (χ2v) is 8.17. The molecule has 13 heteroatoms. The maximum atomic E-state index is 13.1. The first-order valence-electron chi connectivity index (χ1n) is 8.49. The number of sulfonamides is 1. The van der Waals surface area contributed by atoms with E-state index in [0.717, 1.165) is 24.3 Å². The first-order valence-corrected chi connectivity index (χ1v) is 10.4. The van der Waals surface area contributed by atoms with Gasteiger partial charge < -0.3 is 4.84 Å². The highest BCUT2D eigenvalue weighted by Gasteiger charge is 2.46. The van der Waals surface area contributed by atoms with E-state index in [4.69, 9.17) is 16.4 Å². The van der Waals surface area contributed by atoms with Crippen LogP contribution in [0.1, 0.15) is 30.0 Å². The predicted molar refractivity (Wildman–Crippen MR) is 103 cm³/mol. The van der Waals surface area contributed by atoms with Crippen molar-refractivity contribution in [1.29, 1.82) is 0 Å². The molecule has 5 nitrogen and oxygen atoms in total. The quantitative estimate of drug-likeness (QED) is 0.297. The fourth-order valence-corrected chi connectivity index (χ4v) is 3.21. The highest BCUT2D eigenvalue weighted by atomic mass is 35.5. The van der Waals surface area contributed by atoms with Crippen molar-refractivity contribution in [3.05, 3.63) is 64.2 Å². The summed E-state index contributed by atoms with van der Waals surface area (Å²) in [6, 6.07) is 7.96. The minimum Gasteiger partial charge on any atom is -0.391 e. The molecule has 0 bridgehead atoms. The molecule has 0 atom stereocenters. The first-order chi connectivity index (χ1) is 14.3. The van der Waals surface area contributed by atoms with Gasteiger partial charge in [-0.3, -0.25) is 4.72 Å². The zero-order valence-electron chi connectivity index (χ0n) is 15.7. The Morgan fingerprint density at radius 3 is 2.32 bits per heavy atom. The van der Waals surface area contributed by atoms with Crippen molar-refractivity contribution in [2.24, 2.45) is 5.16 Å². The maximum absolute atomic E-state index is 13.1. The van der Waals surface area contributed by atoms with Gasteiger partial charge in [0.1, 0.15) is 6.61 Å². The topological polar surface area (TPSA) is 67.8 Å². The summed E-state index contributed by atoms with van der Waals surface area (Å²) in [5, 5.41) is 3.76. The molecule has 0 aromatic heterocycles. The minimum absolute atomic E-state index is 0.0353. The van der Waals surface area contributed by atoms with Gasteiger partial charge in [0.15, 0.2) is 0 Å². The summed E-state index contributed by atoms with van der Waals surface area (Å²) < 4.78 is 102. The second kappa shape index (κ2) is 9.35. The molecular weight excluding hydrogens is 474 g/mol. The van der Waals surface area contributed by atoms with Gasteiger partial charge in [-0.15, -0.1) is 0 Å². The van der Waals surface area contributed by atoms with Gasteiger partial charge in [0.2, 0.25) is 0 Å². The average Bonchev–Trinajstić information content (AvgIpc) is 2.65. The molecule has 2 aromatic rings. The number of alkyl halides is 6. The average molecular weight is 489 g/mol. The summed E-state index contributed by atoms with van der Waals surface area (Å²) in [7, 11) is -5.73. The van der Waals surface area contributed by atoms with Crippen molar-refractivity contribution < 1.29 is 39.6 Å². The molecule has 0 fully saturated rings. The summed E-state index contributed by atoms with van der Waals surface area (Å²) >= 11 is 5.86. The van der Waals surface area contributed by atoms with E-state index in [-0.39, 0.29) is 28.3 Å². The zero-order chi connectivity index (χ0) is 23.4. The molecule has 0 aliphatic carbocycles. The Labute approximate surface area is 178 Å². The van der Waals surface area contributed by atoms with E-state index in [1.54, 1.807) is 0 Å². The predicted octanol–water partition coefficient (Wildman–Crippen LogP) is 5.95. The lowest BCUT2D eigenvalue weighted by Gasteiger charge is -2.15. The summed E-state index contributed by atoms with van der Waals surface area (Å²) in [6.07, 6.45) is -4.57. The van der Waals surface area contributed by atoms with Gasteiger partial charge >= 0.3 is 21.7 Å². The van der Waals surface area contributed by atoms with Gasteiger partial charge in [-0.05, 0) is 30.7 Å². The standard InChI is InChI=1S/C18H15ClF6N2O3S/c1-2-15(26-30-10-11-5-3-4-6-14(11)17(20,21)22)13-9-12(19)7-8-16(13)27-31(28,29)18(23,24)25/h3-9,27H,2,10H2,1H3. The molecule has 0 radical (unpaired) electrons. The van der Waals surface area contributed by atoms with Gasteiger partial charge in [-0.25, -0.2) is 0 Å². The van der Waals surface area contributed by atoms with Crippen molar-refractivity contribution in [2.45, 2.75) is 31.6 Å². The first kappa shape index (κ1) is 24.8. The summed E-state index contributed by atoms with van der Waals surface area (Å²) in [5.74, 6) is 0. The van der Waals surface area contributed by atoms with Crippen LogP contribution in [0.25, 0.3) is 0 Å². The molecule has 0 heterocycles. The van der Waals surface area contributed by atoms with Gasteiger partial charge in [-0.1, -0.05) is 41.9 Å². The van der Waals surface area contributed by atoms with Gasteiger partial charge in [0.25, 0.3) is 0 Å². The third-order valence-corrected chi connectivity index (χ3v) is 5.23. The van der Waals surface area contributed by atoms with Gasteiger partial charge in [0.05, 0.1) is 17.0 Å². The van der Waals surface area contributed by atoms with E-state index in [0.29, 0.717) is 0 Å². The van der Waals surface area contributed by atoms with E-state index in [1.807, 2.05) is 0 Å². The number of hydrogen-bond donors (Lipinski definition) is 1. The molecule has 0 aliphatic rings. The largest absolute Gasteiger partial charge is 0.516 e. The zero-order valence-corrected chi connectivity index (χ0v) is 17.3. The molecule has 0 spiro atoms. The van der Waals surface area contributed by atoms with Crippen LogP contribution >= 0.6 is 11.6 Å². The molecular formula is C18H15ClF6N2O3S. The van der Waals surface area contributed by atoms with Crippen LogP contribution in [0.2, 0.25) is 5.02 Å². The number of rotatable bonds is 7. The molecule has 0 amide bonds. The molecule has 0 saturated carbocycles. The number of oxime groups is 1. The smallest absolute Gasteiger partial charge is 0.391 e. The monoisotopic (exact) mass is 488 g/mol. The molecule has 31 heavy (non-hydrogen) atoms. The van der Waals surface area contributed by atoms with E-state index in [2.05, 4.69) is 5.16 Å². The third-order valence-electron chi connectivity index (χ3n) is 3.89.